The van der Waals surface area contributed by atoms with Crippen molar-refractivity contribution >= 4 is 11.6 Å². The summed E-state index contributed by atoms with van der Waals surface area (Å²) < 4.78 is 18.7. The van der Waals surface area contributed by atoms with Gasteiger partial charge in [-0.15, -0.1) is 0 Å². The Hall–Kier alpha value is -2.02. The van der Waals surface area contributed by atoms with Crippen molar-refractivity contribution in [3.05, 3.63) is 64.4 Å². The van der Waals surface area contributed by atoms with Crippen molar-refractivity contribution in [3.8, 4) is 17.6 Å². The second-order valence-electron chi connectivity index (χ2n) is 4.06. The standard InChI is InChI=1S/C16H13ClFNO/c17-16-7-6-14(18)10-13(16)11-20-15-5-1-3-12(9-15)4-2-8-19/h1,3,5-7,9-10H,8,11,19H2. The third-order valence-electron chi connectivity index (χ3n) is 2.57. The second kappa shape index (κ2) is 6.95. The number of hydrogen-bond donors (Lipinski definition) is 1. The largest absolute Gasteiger partial charge is 0.489 e. The van der Waals surface area contributed by atoms with Gasteiger partial charge in [0.05, 0.1) is 6.54 Å². The Morgan fingerprint density at radius 3 is 2.85 bits per heavy atom. The molecule has 0 heterocycles. The van der Waals surface area contributed by atoms with Crippen molar-refractivity contribution in [1.82, 2.24) is 0 Å². The van der Waals surface area contributed by atoms with E-state index in [0.29, 0.717) is 22.9 Å². The number of ether oxygens (including phenoxy) is 1. The van der Waals surface area contributed by atoms with Gasteiger partial charge in [-0.3, -0.25) is 0 Å². The van der Waals surface area contributed by atoms with Gasteiger partial charge in [-0.05, 0) is 36.4 Å². The van der Waals surface area contributed by atoms with Crippen LogP contribution in [-0.4, -0.2) is 6.54 Å². The first-order valence-electron chi connectivity index (χ1n) is 6.05. The zero-order valence-corrected chi connectivity index (χ0v) is 11.5. The van der Waals surface area contributed by atoms with Gasteiger partial charge in [-0.25, -0.2) is 4.39 Å². The molecule has 2 nitrogen and oxygen atoms in total. The van der Waals surface area contributed by atoms with Crippen LogP contribution in [0.4, 0.5) is 4.39 Å². The topological polar surface area (TPSA) is 35.2 Å². The fourth-order valence-corrected chi connectivity index (χ4v) is 1.80. The monoisotopic (exact) mass is 289 g/mol. The van der Waals surface area contributed by atoms with E-state index in [1.807, 2.05) is 12.1 Å². The summed E-state index contributed by atoms with van der Waals surface area (Å²) in [5.41, 5.74) is 6.74. The van der Waals surface area contributed by atoms with E-state index in [1.54, 1.807) is 12.1 Å². The summed E-state index contributed by atoms with van der Waals surface area (Å²) in [6.45, 7) is 0.508. The van der Waals surface area contributed by atoms with Crippen molar-refractivity contribution in [3.63, 3.8) is 0 Å². The van der Waals surface area contributed by atoms with Crippen LogP contribution in [0.1, 0.15) is 11.1 Å². The Morgan fingerprint density at radius 1 is 1.20 bits per heavy atom. The lowest BCUT2D eigenvalue weighted by Gasteiger charge is -2.08. The fraction of sp³-hybridized carbons (Fsp3) is 0.125. The molecule has 2 aromatic carbocycles. The van der Waals surface area contributed by atoms with E-state index < -0.39 is 0 Å². The molecule has 2 rings (SSSR count). The summed E-state index contributed by atoms with van der Waals surface area (Å²) in [6, 6.07) is 11.5. The summed E-state index contributed by atoms with van der Waals surface area (Å²) in [5, 5.41) is 0.477. The highest BCUT2D eigenvalue weighted by Gasteiger charge is 2.03. The summed E-state index contributed by atoms with van der Waals surface area (Å²) in [4.78, 5) is 0. The summed E-state index contributed by atoms with van der Waals surface area (Å²) >= 11 is 5.98. The second-order valence-corrected chi connectivity index (χ2v) is 4.47. The lowest BCUT2D eigenvalue weighted by atomic mass is 10.2. The molecule has 0 aliphatic carbocycles. The molecule has 2 N–H and O–H groups in total. The third kappa shape index (κ3) is 3.99. The summed E-state index contributed by atoms with van der Waals surface area (Å²) in [5.74, 6) is 6.01. The Balaban J connectivity index is 2.09. The molecule has 0 unspecified atom stereocenters. The third-order valence-corrected chi connectivity index (χ3v) is 2.94. The minimum Gasteiger partial charge on any atom is -0.489 e. The molecule has 0 aliphatic rings. The van der Waals surface area contributed by atoms with Gasteiger partial charge in [0.25, 0.3) is 0 Å². The first-order chi connectivity index (χ1) is 9.69. The number of benzene rings is 2. The molecule has 0 atom stereocenters. The molecule has 0 bridgehead atoms. The van der Waals surface area contributed by atoms with Crippen LogP contribution < -0.4 is 10.5 Å². The maximum Gasteiger partial charge on any atom is 0.123 e. The quantitative estimate of drug-likeness (QED) is 0.879. The van der Waals surface area contributed by atoms with E-state index in [4.69, 9.17) is 22.1 Å². The van der Waals surface area contributed by atoms with Gasteiger partial charge in [0, 0.05) is 16.1 Å². The smallest absolute Gasteiger partial charge is 0.123 e. The van der Waals surface area contributed by atoms with Crippen LogP contribution in [0.25, 0.3) is 0 Å². The minimum atomic E-state index is -0.337. The Labute approximate surface area is 122 Å². The maximum atomic E-state index is 13.1. The van der Waals surface area contributed by atoms with E-state index in [-0.39, 0.29) is 12.4 Å². The minimum absolute atomic E-state index is 0.199. The van der Waals surface area contributed by atoms with E-state index in [2.05, 4.69) is 11.8 Å². The van der Waals surface area contributed by atoms with Crippen molar-refractivity contribution in [2.75, 3.05) is 6.54 Å². The highest BCUT2D eigenvalue weighted by molar-refractivity contribution is 6.31. The molecular formula is C16H13ClFNO. The van der Waals surface area contributed by atoms with Gasteiger partial charge in [0.15, 0.2) is 0 Å². The molecular weight excluding hydrogens is 277 g/mol. The molecule has 20 heavy (non-hydrogen) atoms. The van der Waals surface area contributed by atoms with Gasteiger partial charge >= 0.3 is 0 Å². The average Bonchev–Trinajstić information content (AvgIpc) is 2.46. The Bertz CT molecular complexity index is 661. The normalized spacial score (nSPS) is 9.75. The van der Waals surface area contributed by atoms with Gasteiger partial charge in [0.1, 0.15) is 18.2 Å². The van der Waals surface area contributed by atoms with Crippen LogP contribution in [0.15, 0.2) is 42.5 Å². The Morgan fingerprint density at radius 2 is 2.05 bits per heavy atom. The highest BCUT2D eigenvalue weighted by Crippen LogP contribution is 2.20. The van der Waals surface area contributed by atoms with E-state index >= 15 is 0 Å². The average molecular weight is 290 g/mol. The van der Waals surface area contributed by atoms with Gasteiger partial charge < -0.3 is 10.5 Å². The number of halogens is 2. The molecule has 2 aromatic rings. The predicted molar refractivity (Wildman–Crippen MR) is 78.1 cm³/mol. The number of rotatable bonds is 3. The first kappa shape index (κ1) is 14.4. The highest BCUT2D eigenvalue weighted by atomic mass is 35.5. The molecule has 102 valence electrons. The molecule has 0 spiro atoms. The maximum absolute atomic E-state index is 13.1. The van der Waals surface area contributed by atoms with Crippen molar-refractivity contribution in [2.24, 2.45) is 5.73 Å². The van der Waals surface area contributed by atoms with Gasteiger partial charge in [-0.2, -0.15) is 0 Å². The van der Waals surface area contributed by atoms with Crippen molar-refractivity contribution in [1.29, 1.82) is 0 Å². The molecule has 0 fully saturated rings. The van der Waals surface area contributed by atoms with Crippen LogP contribution in [0.3, 0.4) is 0 Å². The van der Waals surface area contributed by atoms with E-state index in [9.17, 15) is 4.39 Å². The molecule has 4 heteroatoms. The number of nitrogens with two attached hydrogens (primary N) is 1. The predicted octanol–water partition coefficient (Wildman–Crippen LogP) is 3.37. The van der Waals surface area contributed by atoms with Crippen LogP contribution in [0.5, 0.6) is 5.75 Å². The van der Waals surface area contributed by atoms with Crippen molar-refractivity contribution in [2.45, 2.75) is 6.61 Å². The Kier molecular flexibility index (Phi) is 5.00. The van der Waals surface area contributed by atoms with Gasteiger partial charge in [-0.1, -0.05) is 29.5 Å². The molecule has 0 aromatic heterocycles. The zero-order chi connectivity index (χ0) is 14.4. The molecule has 0 amide bonds. The van der Waals surface area contributed by atoms with E-state index in [0.717, 1.165) is 5.56 Å². The lowest BCUT2D eigenvalue weighted by Crippen LogP contribution is -1.97. The fourth-order valence-electron chi connectivity index (χ4n) is 1.63. The van der Waals surface area contributed by atoms with Crippen LogP contribution >= 0.6 is 11.6 Å². The van der Waals surface area contributed by atoms with Crippen LogP contribution in [0, 0.1) is 17.7 Å². The van der Waals surface area contributed by atoms with E-state index in [1.165, 1.54) is 18.2 Å². The summed E-state index contributed by atoms with van der Waals surface area (Å²) in [7, 11) is 0. The molecule has 0 radical (unpaired) electrons. The molecule has 0 saturated carbocycles. The first-order valence-corrected chi connectivity index (χ1v) is 6.42. The molecule has 0 aliphatic heterocycles. The summed E-state index contributed by atoms with van der Waals surface area (Å²) in [6.07, 6.45) is 0. The molecule has 0 saturated heterocycles. The van der Waals surface area contributed by atoms with Crippen molar-refractivity contribution < 1.29 is 9.13 Å². The SMILES string of the molecule is NCC#Cc1cccc(OCc2cc(F)ccc2Cl)c1. The van der Waals surface area contributed by atoms with Gasteiger partial charge in [0.2, 0.25) is 0 Å². The zero-order valence-electron chi connectivity index (χ0n) is 10.7. The number of hydrogen-bond acceptors (Lipinski definition) is 2. The van der Waals surface area contributed by atoms with Crippen LogP contribution in [0.2, 0.25) is 5.02 Å². The van der Waals surface area contributed by atoms with Crippen LogP contribution in [-0.2, 0) is 6.61 Å². The lowest BCUT2D eigenvalue weighted by molar-refractivity contribution is 0.305.